The molecule has 0 aromatic heterocycles. The number of amides is 1. The fourth-order valence-corrected chi connectivity index (χ4v) is 3.06. The van der Waals surface area contributed by atoms with Gasteiger partial charge in [-0.1, -0.05) is 31.2 Å². The summed E-state index contributed by atoms with van der Waals surface area (Å²) in [5.41, 5.74) is 2.60. The number of benzene rings is 1. The monoisotopic (exact) mass is 318 g/mol. The Kier molecular flexibility index (Phi) is 5.77. The van der Waals surface area contributed by atoms with E-state index in [9.17, 15) is 9.59 Å². The Bertz CT molecular complexity index is 573. The molecule has 2 rings (SSSR count). The second-order valence-electron chi connectivity index (χ2n) is 6.28. The number of hydrogen-bond donors (Lipinski definition) is 1. The molecule has 1 amide bonds. The zero-order valence-corrected chi connectivity index (χ0v) is 14.2. The maximum absolute atomic E-state index is 12.8. The van der Waals surface area contributed by atoms with Gasteiger partial charge < -0.3 is 10.0 Å². The number of hydrogen-bond acceptors (Lipinski definition) is 3. The van der Waals surface area contributed by atoms with Crippen molar-refractivity contribution in [2.45, 2.75) is 52.2 Å². The summed E-state index contributed by atoms with van der Waals surface area (Å²) in [4.78, 5) is 27.5. The van der Waals surface area contributed by atoms with Crippen LogP contribution < -0.4 is 0 Å². The van der Waals surface area contributed by atoms with Crippen molar-refractivity contribution in [2.24, 2.45) is 0 Å². The van der Waals surface area contributed by atoms with Crippen molar-refractivity contribution in [1.29, 1.82) is 0 Å². The molecule has 5 heteroatoms. The summed E-state index contributed by atoms with van der Waals surface area (Å²) >= 11 is 0. The van der Waals surface area contributed by atoms with E-state index in [1.165, 1.54) is 16.0 Å². The number of fused-ring (bicyclic) bond motifs is 1. The minimum Gasteiger partial charge on any atom is -0.480 e. The van der Waals surface area contributed by atoms with Gasteiger partial charge in [0.15, 0.2) is 0 Å². The Balaban J connectivity index is 2.10. The number of carbonyl (C=O) groups excluding carboxylic acids is 1. The third-order valence-corrected chi connectivity index (χ3v) is 4.78. The van der Waals surface area contributed by atoms with Crippen molar-refractivity contribution in [3.63, 3.8) is 0 Å². The van der Waals surface area contributed by atoms with Gasteiger partial charge in [0.2, 0.25) is 5.91 Å². The van der Waals surface area contributed by atoms with Crippen molar-refractivity contribution in [1.82, 2.24) is 9.80 Å². The summed E-state index contributed by atoms with van der Waals surface area (Å²) in [5, 5.41) is 9.09. The fraction of sp³-hybridized carbons (Fsp3) is 0.556. The maximum atomic E-state index is 12.8. The molecule has 1 aromatic carbocycles. The van der Waals surface area contributed by atoms with E-state index in [1.54, 1.807) is 0 Å². The highest BCUT2D eigenvalue weighted by atomic mass is 16.4. The highest BCUT2D eigenvalue weighted by Gasteiger charge is 2.31. The second-order valence-corrected chi connectivity index (χ2v) is 6.28. The van der Waals surface area contributed by atoms with Gasteiger partial charge >= 0.3 is 5.97 Å². The summed E-state index contributed by atoms with van der Waals surface area (Å²) in [6.45, 7) is 7.08. The number of aliphatic carboxylic acids is 1. The van der Waals surface area contributed by atoms with E-state index in [-0.39, 0.29) is 24.5 Å². The Labute approximate surface area is 137 Å². The van der Waals surface area contributed by atoms with Crippen LogP contribution in [0.1, 0.15) is 38.3 Å². The molecular formula is C18H26N2O3. The summed E-state index contributed by atoms with van der Waals surface area (Å²) in [6.07, 6.45) is 1.67. The van der Waals surface area contributed by atoms with Crippen LogP contribution in [0, 0.1) is 0 Å². The smallest absolute Gasteiger partial charge is 0.323 e. The number of carbonyl (C=O) groups is 2. The molecule has 1 aliphatic heterocycles. The summed E-state index contributed by atoms with van der Waals surface area (Å²) < 4.78 is 0. The molecule has 2 atom stereocenters. The van der Waals surface area contributed by atoms with Gasteiger partial charge in [0.1, 0.15) is 6.54 Å². The lowest BCUT2D eigenvalue weighted by molar-refractivity contribution is -0.148. The SMILES string of the molecule is CC[C@@H](C)N(CC(=O)O)C(=O)[C@H](C)N1CCc2ccccc2C1. The lowest BCUT2D eigenvalue weighted by Crippen LogP contribution is -2.52. The summed E-state index contributed by atoms with van der Waals surface area (Å²) in [6, 6.07) is 7.91. The van der Waals surface area contributed by atoms with E-state index in [0.29, 0.717) is 0 Å². The molecule has 126 valence electrons. The first kappa shape index (κ1) is 17.5. The van der Waals surface area contributed by atoms with Crippen molar-refractivity contribution in [3.8, 4) is 0 Å². The van der Waals surface area contributed by atoms with Crippen molar-refractivity contribution < 1.29 is 14.7 Å². The number of carboxylic acid groups (broad SMARTS) is 1. The average molecular weight is 318 g/mol. The first-order chi connectivity index (χ1) is 10.9. The van der Waals surface area contributed by atoms with Crippen LogP contribution in [-0.2, 0) is 22.6 Å². The van der Waals surface area contributed by atoms with Crippen LogP contribution in [0.25, 0.3) is 0 Å². The van der Waals surface area contributed by atoms with E-state index < -0.39 is 5.97 Å². The predicted molar refractivity (Wildman–Crippen MR) is 89.1 cm³/mol. The van der Waals surface area contributed by atoms with E-state index in [4.69, 9.17) is 5.11 Å². The van der Waals surface area contributed by atoms with Gasteiger partial charge in [0.05, 0.1) is 6.04 Å². The van der Waals surface area contributed by atoms with Gasteiger partial charge in [0, 0.05) is 19.1 Å². The normalized spacial score (nSPS) is 17.2. The van der Waals surface area contributed by atoms with Gasteiger partial charge in [-0.15, -0.1) is 0 Å². The molecule has 1 N–H and O–H groups in total. The Morgan fingerprint density at radius 3 is 2.52 bits per heavy atom. The fourth-order valence-electron chi connectivity index (χ4n) is 3.06. The van der Waals surface area contributed by atoms with Crippen LogP contribution in [0.5, 0.6) is 0 Å². The van der Waals surface area contributed by atoms with Crippen LogP contribution in [-0.4, -0.2) is 52.0 Å². The van der Waals surface area contributed by atoms with Crippen LogP contribution in [0.3, 0.4) is 0 Å². The first-order valence-electron chi connectivity index (χ1n) is 8.27. The lowest BCUT2D eigenvalue weighted by Gasteiger charge is -2.37. The summed E-state index contributed by atoms with van der Waals surface area (Å²) in [7, 11) is 0. The van der Waals surface area contributed by atoms with E-state index in [2.05, 4.69) is 17.0 Å². The molecule has 0 bridgehead atoms. The Morgan fingerprint density at radius 2 is 1.91 bits per heavy atom. The van der Waals surface area contributed by atoms with E-state index in [1.807, 2.05) is 32.9 Å². The zero-order chi connectivity index (χ0) is 17.0. The highest BCUT2D eigenvalue weighted by Crippen LogP contribution is 2.21. The molecule has 23 heavy (non-hydrogen) atoms. The Hall–Kier alpha value is -1.88. The van der Waals surface area contributed by atoms with Crippen LogP contribution in [0.15, 0.2) is 24.3 Å². The molecule has 0 unspecified atom stereocenters. The van der Waals surface area contributed by atoms with Crippen molar-refractivity contribution >= 4 is 11.9 Å². The minimum absolute atomic E-state index is 0.0712. The molecular weight excluding hydrogens is 292 g/mol. The number of rotatable bonds is 6. The zero-order valence-electron chi connectivity index (χ0n) is 14.2. The molecule has 0 fully saturated rings. The van der Waals surface area contributed by atoms with Crippen LogP contribution in [0.2, 0.25) is 0 Å². The second kappa shape index (κ2) is 7.59. The highest BCUT2D eigenvalue weighted by molar-refractivity contribution is 5.85. The van der Waals surface area contributed by atoms with Gasteiger partial charge in [-0.2, -0.15) is 0 Å². The average Bonchev–Trinajstić information content (AvgIpc) is 2.57. The third-order valence-electron chi connectivity index (χ3n) is 4.78. The quantitative estimate of drug-likeness (QED) is 0.873. The first-order valence-corrected chi connectivity index (χ1v) is 8.27. The minimum atomic E-state index is -0.963. The van der Waals surface area contributed by atoms with Gasteiger partial charge in [-0.05, 0) is 37.8 Å². The summed E-state index contributed by atoms with van der Waals surface area (Å²) in [5.74, 6) is -1.06. The molecule has 0 radical (unpaired) electrons. The molecule has 0 spiro atoms. The molecule has 1 aromatic rings. The van der Waals surface area contributed by atoms with Crippen LogP contribution in [0.4, 0.5) is 0 Å². The molecule has 0 saturated heterocycles. The van der Waals surface area contributed by atoms with Crippen molar-refractivity contribution in [3.05, 3.63) is 35.4 Å². The topological polar surface area (TPSA) is 60.9 Å². The molecule has 1 heterocycles. The molecule has 0 saturated carbocycles. The molecule has 1 aliphatic rings. The largest absolute Gasteiger partial charge is 0.480 e. The third kappa shape index (κ3) is 4.10. The Morgan fingerprint density at radius 1 is 1.26 bits per heavy atom. The van der Waals surface area contributed by atoms with Gasteiger partial charge in [-0.3, -0.25) is 14.5 Å². The maximum Gasteiger partial charge on any atom is 0.323 e. The molecule has 5 nitrogen and oxygen atoms in total. The van der Waals surface area contributed by atoms with Gasteiger partial charge in [0.25, 0.3) is 0 Å². The molecule has 0 aliphatic carbocycles. The predicted octanol–water partition coefficient (Wildman–Crippen LogP) is 2.14. The van der Waals surface area contributed by atoms with Crippen LogP contribution >= 0.6 is 0 Å². The van der Waals surface area contributed by atoms with Crippen molar-refractivity contribution in [2.75, 3.05) is 13.1 Å². The van der Waals surface area contributed by atoms with E-state index >= 15 is 0 Å². The lowest BCUT2D eigenvalue weighted by atomic mass is 9.98. The van der Waals surface area contributed by atoms with Gasteiger partial charge in [-0.25, -0.2) is 0 Å². The number of nitrogens with zero attached hydrogens (tertiary/aromatic N) is 2. The van der Waals surface area contributed by atoms with E-state index in [0.717, 1.165) is 25.9 Å². The number of carboxylic acids is 1. The standard InChI is InChI=1S/C18H26N2O3/c1-4-13(2)20(12-17(21)22)18(23)14(3)19-10-9-15-7-5-6-8-16(15)11-19/h5-8,13-14H,4,9-12H2,1-3H3,(H,21,22)/t13-,14+/m1/s1.